The molecular weight excluding hydrogens is 512 g/mol. The minimum absolute atomic E-state index is 0.0208. The van der Waals surface area contributed by atoms with Gasteiger partial charge in [0.05, 0.1) is 45.2 Å². The van der Waals surface area contributed by atoms with E-state index in [1.807, 2.05) is 26.0 Å². The number of carbonyl (C=O) groups excluding carboxylic acids is 1. The molecule has 4 unspecified atom stereocenters. The molecule has 1 saturated heterocycles. The quantitative estimate of drug-likeness (QED) is 0.231. The summed E-state index contributed by atoms with van der Waals surface area (Å²) in [7, 11) is 4.97. The molecule has 0 saturated carbocycles. The normalized spacial score (nSPS) is 20.7. The average molecular weight is 567 g/mol. The molecule has 4 N–H and O–H groups in total. The number of nitrogens with one attached hydrogen (secondary N) is 1. The summed E-state index contributed by atoms with van der Waals surface area (Å²) in [6, 6.07) is 5.49. The Balaban J connectivity index is 2.00. The Morgan fingerprint density at radius 1 is 1.07 bits per heavy atom. The molecule has 0 aromatic heterocycles. The van der Waals surface area contributed by atoms with Crippen molar-refractivity contribution in [2.75, 3.05) is 47.8 Å². The van der Waals surface area contributed by atoms with E-state index < -0.39 is 12.1 Å². The van der Waals surface area contributed by atoms with Gasteiger partial charge in [0, 0.05) is 39.2 Å². The highest BCUT2D eigenvalue weighted by Gasteiger charge is 2.32. The molecule has 1 heterocycles. The zero-order chi connectivity index (χ0) is 29.7. The molecule has 1 aliphatic heterocycles. The van der Waals surface area contributed by atoms with Crippen molar-refractivity contribution in [3.05, 3.63) is 23.8 Å². The van der Waals surface area contributed by atoms with Crippen LogP contribution in [0.4, 0.5) is 0 Å². The molecule has 6 atom stereocenters. The molecule has 1 fully saturated rings. The molecular formula is C31H54N2O7. The van der Waals surface area contributed by atoms with Crippen LogP contribution in [0.3, 0.4) is 0 Å². The molecule has 40 heavy (non-hydrogen) atoms. The predicted molar refractivity (Wildman–Crippen MR) is 157 cm³/mol. The number of benzene rings is 1. The third-order valence-corrected chi connectivity index (χ3v) is 7.98. The third-order valence-electron chi connectivity index (χ3n) is 7.98. The number of hydrogen-bond acceptors (Lipinski definition) is 8. The van der Waals surface area contributed by atoms with Crippen molar-refractivity contribution in [2.24, 2.45) is 29.4 Å². The van der Waals surface area contributed by atoms with E-state index in [9.17, 15) is 9.90 Å². The van der Waals surface area contributed by atoms with Gasteiger partial charge in [0.2, 0.25) is 5.91 Å². The number of ether oxygens (including phenoxy) is 5. The van der Waals surface area contributed by atoms with Crippen LogP contribution in [0.25, 0.3) is 0 Å². The van der Waals surface area contributed by atoms with Crippen LogP contribution in [0, 0.1) is 23.7 Å². The van der Waals surface area contributed by atoms with Crippen LogP contribution in [-0.2, 0) is 25.4 Å². The smallest absolute Gasteiger partial charge is 0.223 e. The van der Waals surface area contributed by atoms with E-state index >= 15 is 0 Å². The Morgan fingerprint density at radius 2 is 1.82 bits per heavy atom. The van der Waals surface area contributed by atoms with Gasteiger partial charge in [-0.05, 0) is 61.1 Å². The number of aliphatic hydroxyl groups excluding tert-OH is 1. The van der Waals surface area contributed by atoms with E-state index in [0.717, 1.165) is 24.8 Å². The van der Waals surface area contributed by atoms with Gasteiger partial charge in [0.25, 0.3) is 0 Å². The van der Waals surface area contributed by atoms with Gasteiger partial charge in [-0.1, -0.05) is 33.8 Å². The summed E-state index contributed by atoms with van der Waals surface area (Å²) in [5.41, 5.74) is 7.70. The van der Waals surface area contributed by atoms with Crippen molar-refractivity contribution in [1.29, 1.82) is 0 Å². The fourth-order valence-corrected chi connectivity index (χ4v) is 5.23. The van der Waals surface area contributed by atoms with Gasteiger partial charge in [-0.2, -0.15) is 0 Å². The van der Waals surface area contributed by atoms with Gasteiger partial charge in [-0.25, -0.2) is 0 Å². The maximum absolute atomic E-state index is 13.2. The standard InChI is InChI=1S/C31H54N2O7/c1-20(2)23(13-22-9-10-29(38-7)30(14-22)40-12-8-11-36-5)15-27(32)28(34)17-26(21(3)4)31(35)33-24-16-25(37-6)19-39-18-24/h9-10,14,20-21,23-28,34H,8,11-13,15-19,32H2,1-7H3,(H,33,35)/t23?,24-,25-,26?,27?,28?/m0/s1. The number of hydrogen-bond donors (Lipinski definition) is 3. The Hall–Kier alpha value is -1.91. The number of rotatable bonds is 18. The maximum atomic E-state index is 13.2. The van der Waals surface area contributed by atoms with Crippen LogP contribution in [-0.4, -0.2) is 83.1 Å². The van der Waals surface area contributed by atoms with Crippen LogP contribution in [0.2, 0.25) is 0 Å². The van der Waals surface area contributed by atoms with Gasteiger partial charge in [-0.3, -0.25) is 4.79 Å². The Morgan fingerprint density at radius 3 is 2.45 bits per heavy atom. The molecule has 0 aliphatic carbocycles. The summed E-state index contributed by atoms with van der Waals surface area (Å²) in [4.78, 5) is 13.2. The number of carbonyl (C=O) groups is 1. The molecule has 0 bridgehead atoms. The van der Waals surface area contributed by atoms with E-state index in [-0.39, 0.29) is 35.8 Å². The van der Waals surface area contributed by atoms with Gasteiger partial charge in [0.1, 0.15) is 0 Å². The summed E-state index contributed by atoms with van der Waals surface area (Å²) in [6.45, 7) is 10.6. The van der Waals surface area contributed by atoms with Crippen molar-refractivity contribution in [2.45, 2.75) is 84.1 Å². The van der Waals surface area contributed by atoms with E-state index in [2.05, 4.69) is 25.2 Å². The molecule has 1 aromatic carbocycles. The number of amides is 1. The van der Waals surface area contributed by atoms with Gasteiger partial charge < -0.3 is 39.8 Å². The summed E-state index contributed by atoms with van der Waals surface area (Å²) in [6.07, 6.45) is 2.47. The molecule has 9 nitrogen and oxygen atoms in total. The van der Waals surface area contributed by atoms with Crippen molar-refractivity contribution < 1.29 is 33.6 Å². The van der Waals surface area contributed by atoms with Crippen molar-refractivity contribution >= 4 is 5.91 Å². The lowest BCUT2D eigenvalue weighted by atomic mass is 9.80. The lowest BCUT2D eigenvalue weighted by Gasteiger charge is -2.32. The number of aliphatic hydroxyl groups is 1. The van der Waals surface area contributed by atoms with Crippen LogP contribution >= 0.6 is 0 Å². The molecule has 0 spiro atoms. The lowest BCUT2D eigenvalue weighted by Crippen LogP contribution is -2.49. The summed E-state index contributed by atoms with van der Waals surface area (Å²) < 4.78 is 27.5. The first kappa shape index (κ1) is 34.3. The largest absolute Gasteiger partial charge is 0.493 e. The highest BCUT2D eigenvalue weighted by molar-refractivity contribution is 5.79. The fourth-order valence-electron chi connectivity index (χ4n) is 5.23. The van der Waals surface area contributed by atoms with Crippen LogP contribution in [0.15, 0.2) is 18.2 Å². The van der Waals surface area contributed by atoms with E-state index in [0.29, 0.717) is 56.7 Å². The third kappa shape index (κ3) is 11.2. The van der Waals surface area contributed by atoms with Crippen LogP contribution in [0.5, 0.6) is 11.5 Å². The van der Waals surface area contributed by atoms with E-state index in [1.54, 1.807) is 21.3 Å². The monoisotopic (exact) mass is 566 g/mol. The van der Waals surface area contributed by atoms with E-state index in [1.165, 1.54) is 0 Å². The van der Waals surface area contributed by atoms with Crippen molar-refractivity contribution in [3.8, 4) is 11.5 Å². The molecule has 1 aromatic rings. The first-order chi connectivity index (χ1) is 19.1. The highest BCUT2D eigenvalue weighted by atomic mass is 16.5. The summed E-state index contributed by atoms with van der Waals surface area (Å²) in [5, 5.41) is 14.2. The molecule has 230 valence electrons. The molecule has 1 aliphatic rings. The van der Waals surface area contributed by atoms with Crippen molar-refractivity contribution in [3.63, 3.8) is 0 Å². The molecule has 0 radical (unpaired) electrons. The van der Waals surface area contributed by atoms with Gasteiger partial charge >= 0.3 is 0 Å². The topological polar surface area (TPSA) is 122 Å². The SMILES string of the molecule is COCCCOc1cc(CC(CC(N)C(O)CC(C(=O)N[C@@H]2COC[C@@H](OC)C2)C(C)C)C(C)C)ccc1OC. The lowest BCUT2D eigenvalue weighted by molar-refractivity contribution is -0.130. The number of nitrogens with two attached hydrogens (primary N) is 1. The first-order valence-electron chi connectivity index (χ1n) is 14.7. The highest BCUT2D eigenvalue weighted by Crippen LogP contribution is 2.32. The minimum Gasteiger partial charge on any atom is -0.493 e. The van der Waals surface area contributed by atoms with Crippen LogP contribution in [0.1, 0.15) is 58.9 Å². The predicted octanol–water partition coefficient (Wildman–Crippen LogP) is 3.59. The second kappa shape index (κ2) is 17.8. The van der Waals surface area contributed by atoms with E-state index in [4.69, 9.17) is 29.4 Å². The first-order valence-corrected chi connectivity index (χ1v) is 14.7. The average Bonchev–Trinajstić information content (AvgIpc) is 2.93. The Kier molecular flexibility index (Phi) is 15.3. The molecule has 9 heteroatoms. The second-order valence-electron chi connectivity index (χ2n) is 11.8. The fraction of sp³-hybridized carbons (Fsp3) is 0.774. The van der Waals surface area contributed by atoms with Crippen molar-refractivity contribution in [1.82, 2.24) is 5.32 Å². The second-order valence-corrected chi connectivity index (χ2v) is 11.8. The minimum atomic E-state index is -0.788. The maximum Gasteiger partial charge on any atom is 0.223 e. The van der Waals surface area contributed by atoms with Gasteiger partial charge in [0.15, 0.2) is 11.5 Å². The zero-order valence-electron chi connectivity index (χ0n) is 25.7. The summed E-state index contributed by atoms with van der Waals surface area (Å²) >= 11 is 0. The summed E-state index contributed by atoms with van der Waals surface area (Å²) in [5.74, 6) is 1.67. The zero-order valence-corrected chi connectivity index (χ0v) is 25.7. The van der Waals surface area contributed by atoms with Crippen LogP contribution < -0.4 is 20.5 Å². The Labute approximate surface area is 241 Å². The molecule has 1 amide bonds. The number of methoxy groups -OCH3 is 3. The van der Waals surface area contributed by atoms with Gasteiger partial charge in [-0.15, -0.1) is 0 Å². The molecule has 2 rings (SSSR count). The Bertz CT molecular complexity index is 866.